The number of rotatable bonds is 3. The Labute approximate surface area is 93.5 Å². The van der Waals surface area contributed by atoms with Gasteiger partial charge in [-0.25, -0.2) is 0 Å². The van der Waals surface area contributed by atoms with Gasteiger partial charge in [-0.05, 0) is 36.5 Å². The van der Waals surface area contributed by atoms with Crippen LogP contribution in [-0.4, -0.2) is 21.7 Å². The van der Waals surface area contributed by atoms with Crippen LogP contribution in [0.3, 0.4) is 0 Å². The Balaban J connectivity index is 1.91. The zero-order chi connectivity index (χ0) is 10.0. The lowest BCUT2D eigenvalue weighted by Crippen LogP contribution is -2.34. The molecule has 1 aliphatic rings. The Morgan fingerprint density at radius 3 is 3.07 bits per heavy atom. The molecule has 0 spiro atoms. The van der Waals surface area contributed by atoms with E-state index < -0.39 is 5.60 Å². The molecule has 1 aromatic heterocycles. The quantitative estimate of drug-likeness (QED) is 0.858. The molecule has 2 rings (SSSR count). The van der Waals surface area contributed by atoms with Crippen molar-refractivity contribution in [3.63, 3.8) is 0 Å². The van der Waals surface area contributed by atoms with Crippen molar-refractivity contribution in [3.05, 3.63) is 22.4 Å². The fraction of sp³-hybridized carbons (Fsp3) is 0.636. The Bertz CT molecular complexity index is 283. The fourth-order valence-corrected chi connectivity index (χ4v) is 3.97. The molecule has 3 heteroatoms. The van der Waals surface area contributed by atoms with E-state index in [1.807, 2.05) is 11.8 Å². The van der Waals surface area contributed by atoms with E-state index in [2.05, 4.69) is 24.4 Å². The van der Waals surface area contributed by atoms with Gasteiger partial charge in [0.05, 0.1) is 5.60 Å². The molecule has 0 bridgehead atoms. The third kappa shape index (κ3) is 2.15. The Morgan fingerprint density at radius 2 is 2.50 bits per heavy atom. The first kappa shape index (κ1) is 10.5. The summed E-state index contributed by atoms with van der Waals surface area (Å²) in [5, 5.41) is 12.9. The summed E-state index contributed by atoms with van der Waals surface area (Å²) in [4.78, 5) is 1.39. The molecule has 1 saturated heterocycles. The smallest absolute Gasteiger partial charge is 0.0774 e. The Hall–Kier alpha value is 0.01000. The SMILES string of the molecule is CC1SCCC1(O)CCc1cccs1. The van der Waals surface area contributed by atoms with Gasteiger partial charge < -0.3 is 5.11 Å². The average Bonchev–Trinajstić information content (AvgIpc) is 2.75. The molecule has 1 aliphatic heterocycles. The molecule has 2 unspecified atom stereocenters. The normalized spacial score (nSPS) is 32.3. The van der Waals surface area contributed by atoms with Crippen LogP contribution in [0.1, 0.15) is 24.6 Å². The maximum Gasteiger partial charge on any atom is 0.0774 e. The molecular weight excluding hydrogens is 212 g/mol. The molecule has 0 radical (unpaired) electrons. The molecular formula is C11H16OS2. The minimum atomic E-state index is -0.408. The summed E-state index contributed by atoms with van der Waals surface area (Å²) >= 11 is 3.68. The van der Waals surface area contributed by atoms with Crippen molar-refractivity contribution in [1.82, 2.24) is 0 Å². The van der Waals surface area contributed by atoms with E-state index in [4.69, 9.17) is 0 Å². The maximum absolute atomic E-state index is 10.3. The monoisotopic (exact) mass is 228 g/mol. The molecule has 0 aliphatic carbocycles. The third-order valence-electron chi connectivity index (χ3n) is 3.04. The minimum absolute atomic E-state index is 0.405. The molecule has 14 heavy (non-hydrogen) atoms. The summed E-state index contributed by atoms with van der Waals surface area (Å²) in [6, 6.07) is 4.23. The number of aliphatic hydroxyl groups is 1. The number of thiophene rings is 1. The van der Waals surface area contributed by atoms with Crippen LogP contribution in [0.15, 0.2) is 17.5 Å². The highest BCUT2D eigenvalue weighted by molar-refractivity contribution is 8.00. The van der Waals surface area contributed by atoms with Crippen LogP contribution in [0, 0.1) is 0 Å². The van der Waals surface area contributed by atoms with Gasteiger partial charge in [-0.15, -0.1) is 11.3 Å². The van der Waals surface area contributed by atoms with Crippen LogP contribution >= 0.6 is 23.1 Å². The van der Waals surface area contributed by atoms with Gasteiger partial charge in [-0.1, -0.05) is 13.0 Å². The first-order valence-electron chi connectivity index (χ1n) is 5.07. The van der Waals surface area contributed by atoms with Gasteiger partial charge in [0.25, 0.3) is 0 Å². The fourth-order valence-electron chi connectivity index (χ4n) is 1.89. The van der Waals surface area contributed by atoms with E-state index in [1.165, 1.54) is 4.88 Å². The van der Waals surface area contributed by atoms with Gasteiger partial charge in [-0.2, -0.15) is 11.8 Å². The lowest BCUT2D eigenvalue weighted by molar-refractivity contribution is 0.0377. The van der Waals surface area contributed by atoms with E-state index in [0.29, 0.717) is 5.25 Å². The van der Waals surface area contributed by atoms with E-state index in [1.54, 1.807) is 11.3 Å². The standard InChI is InChI=1S/C11H16OS2/c1-9-11(12,6-8-13-9)5-4-10-3-2-7-14-10/h2-3,7,9,12H,4-6,8H2,1H3. The predicted octanol–water partition coefficient (Wildman–Crippen LogP) is 2.94. The van der Waals surface area contributed by atoms with Crippen LogP contribution < -0.4 is 0 Å². The molecule has 1 nitrogen and oxygen atoms in total. The van der Waals surface area contributed by atoms with Gasteiger partial charge >= 0.3 is 0 Å². The van der Waals surface area contributed by atoms with Crippen molar-refractivity contribution in [2.75, 3.05) is 5.75 Å². The zero-order valence-electron chi connectivity index (χ0n) is 8.40. The largest absolute Gasteiger partial charge is 0.389 e. The highest BCUT2D eigenvalue weighted by Gasteiger charge is 2.38. The average molecular weight is 228 g/mol. The van der Waals surface area contributed by atoms with Gasteiger partial charge in [0.2, 0.25) is 0 Å². The number of thioether (sulfide) groups is 1. The lowest BCUT2D eigenvalue weighted by Gasteiger charge is -2.26. The van der Waals surface area contributed by atoms with Crippen molar-refractivity contribution < 1.29 is 5.11 Å². The number of hydrogen-bond acceptors (Lipinski definition) is 3. The van der Waals surface area contributed by atoms with Gasteiger partial charge in [0.15, 0.2) is 0 Å². The molecule has 1 fully saturated rings. The number of aryl methyl sites for hydroxylation is 1. The molecule has 0 amide bonds. The number of hydrogen-bond donors (Lipinski definition) is 1. The lowest BCUT2D eigenvalue weighted by atomic mass is 9.91. The van der Waals surface area contributed by atoms with Gasteiger partial charge in [-0.3, -0.25) is 0 Å². The van der Waals surface area contributed by atoms with Crippen LogP contribution in [0.2, 0.25) is 0 Å². The summed E-state index contributed by atoms with van der Waals surface area (Å²) in [6.07, 6.45) is 2.91. The van der Waals surface area contributed by atoms with Crippen molar-refractivity contribution in [2.24, 2.45) is 0 Å². The van der Waals surface area contributed by atoms with Gasteiger partial charge in [0.1, 0.15) is 0 Å². The molecule has 0 saturated carbocycles. The van der Waals surface area contributed by atoms with E-state index >= 15 is 0 Å². The molecule has 0 aromatic carbocycles. The van der Waals surface area contributed by atoms with Crippen LogP contribution in [0.25, 0.3) is 0 Å². The summed E-state index contributed by atoms with van der Waals surface area (Å²) in [5.41, 5.74) is -0.408. The molecule has 2 atom stereocenters. The Kier molecular flexibility index (Phi) is 3.20. The Morgan fingerprint density at radius 1 is 1.64 bits per heavy atom. The second kappa shape index (κ2) is 4.25. The van der Waals surface area contributed by atoms with Crippen molar-refractivity contribution in [3.8, 4) is 0 Å². The molecule has 78 valence electrons. The first-order valence-corrected chi connectivity index (χ1v) is 7.00. The van der Waals surface area contributed by atoms with Crippen molar-refractivity contribution in [1.29, 1.82) is 0 Å². The molecule has 2 heterocycles. The van der Waals surface area contributed by atoms with Crippen LogP contribution in [-0.2, 0) is 6.42 Å². The summed E-state index contributed by atoms with van der Waals surface area (Å²) in [6.45, 7) is 2.14. The molecule has 1 N–H and O–H groups in total. The second-order valence-corrected chi connectivity index (χ2v) is 6.43. The maximum atomic E-state index is 10.3. The zero-order valence-corrected chi connectivity index (χ0v) is 10.0. The highest BCUT2D eigenvalue weighted by atomic mass is 32.2. The van der Waals surface area contributed by atoms with E-state index in [9.17, 15) is 5.11 Å². The van der Waals surface area contributed by atoms with E-state index in [0.717, 1.165) is 25.0 Å². The summed E-state index contributed by atoms with van der Waals surface area (Å²) < 4.78 is 0. The minimum Gasteiger partial charge on any atom is -0.389 e. The van der Waals surface area contributed by atoms with Crippen molar-refractivity contribution >= 4 is 23.1 Å². The summed E-state index contributed by atoms with van der Waals surface area (Å²) in [7, 11) is 0. The third-order valence-corrected chi connectivity index (χ3v) is 5.36. The van der Waals surface area contributed by atoms with Crippen LogP contribution in [0.4, 0.5) is 0 Å². The summed E-state index contributed by atoms with van der Waals surface area (Å²) in [5.74, 6) is 1.11. The highest BCUT2D eigenvalue weighted by Crippen LogP contribution is 2.38. The van der Waals surface area contributed by atoms with Crippen molar-refractivity contribution in [2.45, 2.75) is 37.0 Å². The first-order chi connectivity index (χ1) is 6.71. The second-order valence-electron chi connectivity index (χ2n) is 3.95. The predicted molar refractivity (Wildman–Crippen MR) is 64.1 cm³/mol. The van der Waals surface area contributed by atoms with Crippen LogP contribution in [0.5, 0.6) is 0 Å². The topological polar surface area (TPSA) is 20.2 Å². The van der Waals surface area contributed by atoms with Gasteiger partial charge in [0, 0.05) is 10.1 Å². The van der Waals surface area contributed by atoms with E-state index in [-0.39, 0.29) is 0 Å². The molecule has 1 aromatic rings.